The summed E-state index contributed by atoms with van der Waals surface area (Å²) < 4.78 is 52.2. The summed E-state index contributed by atoms with van der Waals surface area (Å²) in [7, 11) is 7.07. The Bertz CT molecular complexity index is 2450. The predicted octanol–water partition coefficient (Wildman–Crippen LogP) is 4.72. The van der Waals surface area contributed by atoms with E-state index in [1.165, 1.54) is 20.2 Å². The molecule has 0 amide bonds. The van der Waals surface area contributed by atoms with Gasteiger partial charge in [0, 0.05) is 74.8 Å². The van der Waals surface area contributed by atoms with Crippen molar-refractivity contribution in [3.05, 3.63) is 45.7 Å². The minimum Gasteiger partial charge on any atom is -0.477 e. The second-order valence-corrected chi connectivity index (χ2v) is 23.1. The Balaban J connectivity index is 1.31. The SMILES string of the molecule is CC[C@H]1OC(=O)[C@H](C)[C@@H](O[C@H]2C[C@@](C)(OC)[C@@H](OC(=O)CCCCOCC#Cc3ccc4c(c3)c(=O)c(C(=O)O)cn4CC)[C@H](C)O2)[C@H](C)[C@@H](O[C@@H]2O[C@H](C)C[C@H](N(C)C)[C@H]2O)[C@](C)(O)C[C@@H](C)CN(C)[C@H](C)[C@@H](O)[C@]1(C)O. The second kappa shape index (κ2) is 27.6. The lowest BCUT2D eigenvalue weighted by Gasteiger charge is -2.49. The topological polar surface area (TPSA) is 255 Å². The zero-order chi connectivity index (χ0) is 58.2. The number of aliphatic hydroxyl groups excluding tert-OH is 2. The van der Waals surface area contributed by atoms with E-state index < -0.39 is 113 Å². The number of fused-ring (bicyclic) bond motifs is 1. The maximum Gasteiger partial charge on any atom is 0.341 e. The standard InChI is InChI=1S/C58H91N3O17/c1-16-44-58(11,70)50(65)37(7)60(14)31-33(3)29-56(9,69)51(78-55-48(64)43(59(12)13)27-34(4)73-55)35(5)49(36(6)54(68)75-44)77-46-30-57(10,71-15)52(38(8)74-46)76-45(62)22-18-19-25-72-26-20-21-39-23-24-42-40(28-39)47(63)41(53(66)67)32-61(42)17-2/h23-24,28,32-38,43-44,46,48-52,55,64-65,69-70H,16-19,22,25-27,29-31H2,1-15H3,(H,66,67)/t33-,34-,35+,36-,37-,38+,43+,44-,46+,48-,49+,50-,51-,52+,55+,56-,57-,58-/m1/s1. The molecular weight excluding hydrogens is 1010 g/mol. The number of ether oxygens (including phenoxy) is 8. The van der Waals surface area contributed by atoms with Gasteiger partial charge >= 0.3 is 17.9 Å². The molecule has 3 saturated heterocycles. The molecule has 2 aromatic rings. The Morgan fingerprint density at radius 3 is 2.27 bits per heavy atom. The lowest BCUT2D eigenvalue weighted by atomic mass is 9.77. The number of rotatable bonds is 16. The van der Waals surface area contributed by atoms with E-state index in [0.29, 0.717) is 50.0 Å². The van der Waals surface area contributed by atoms with Gasteiger partial charge in [-0.1, -0.05) is 32.6 Å². The van der Waals surface area contributed by atoms with E-state index in [0.717, 1.165) is 0 Å². The average Bonchev–Trinajstić information content (AvgIpc) is 3.40. The summed E-state index contributed by atoms with van der Waals surface area (Å²) in [5.41, 5.74) is -4.38. The van der Waals surface area contributed by atoms with Gasteiger partial charge in [0.2, 0.25) is 5.43 Å². The number of aromatic nitrogens is 1. The zero-order valence-electron chi connectivity index (χ0n) is 48.7. The molecule has 3 aliphatic heterocycles. The highest BCUT2D eigenvalue weighted by Crippen LogP contribution is 2.41. The van der Waals surface area contributed by atoms with Gasteiger partial charge in [0.05, 0.1) is 41.5 Å². The van der Waals surface area contributed by atoms with Crippen LogP contribution in [0.15, 0.2) is 29.2 Å². The van der Waals surface area contributed by atoms with Gasteiger partial charge in [0.25, 0.3) is 0 Å². The first kappa shape index (κ1) is 64.7. The van der Waals surface area contributed by atoms with Crippen LogP contribution in [0.4, 0.5) is 0 Å². The summed E-state index contributed by atoms with van der Waals surface area (Å²) in [4.78, 5) is 56.4. The molecule has 3 fully saturated rings. The summed E-state index contributed by atoms with van der Waals surface area (Å²) in [5, 5.41) is 57.9. The minimum atomic E-state index is -1.86. The number of likely N-dealkylation sites (N-methyl/N-ethyl adjacent to an activating group) is 2. The minimum absolute atomic E-state index is 0.0408. The van der Waals surface area contributed by atoms with Crippen molar-refractivity contribution in [1.29, 1.82) is 0 Å². The summed E-state index contributed by atoms with van der Waals surface area (Å²) >= 11 is 0. The summed E-state index contributed by atoms with van der Waals surface area (Å²) in [6.07, 6.45) is -6.68. The van der Waals surface area contributed by atoms with Crippen LogP contribution in [0.3, 0.4) is 0 Å². The van der Waals surface area contributed by atoms with E-state index in [2.05, 4.69) is 11.8 Å². The van der Waals surface area contributed by atoms with E-state index >= 15 is 0 Å². The first-order chi connectivity index (χ1) is 36.5. The van der Waals surface area contributed by atoms with Crippen LogP contribution in [-0.2, 0) is 54.0 Å². The Morgan fingerprint density at radius 1 is 0.949 bits per heavy atom. The molecule has 0 aliphatic carbocycles. The number of methoxy groups -OCH3 is 1. The van der Waals surface area contributed by atoms with Crippen LogP contribution in [-0.4, -0.2) is 196 Å². The van der Waals surface area contributed by atoms with E-state index in [-0.39, 0.29) is 61.3 Å². The molecule has 78 heavy (non-hydrogen) atoms. The fraction of sp³-hybridized carbons (Fsp3) is 0.759. The van der Waals surface area contributed by atoms with Crippen LogP contribution in [0.5, 0.6) is 0 Å². The number of benzene rings is 1. The molecule has 18 atom stereocenters. The number of unbranched alkanes of at least 4 members (excludes halogenated alkanes) is 1. The maximum atomic E-state index is 14.6. The molecule has 3 aliphatic rings. The molecule has 1 aromatic carbocycles. The van der Waals surface area contributed by atoms with Crippen molar-refractivity contribution in [1.82, 2.24) is 14.4 Å². The van der Waals surface area contributed by atoms with Crippen molar-refractivity contribution in [3.8, 4) is 11.8 Å². The van der Waals surface area contributed by atoms with E-state index in [1.54, 1.807) is 71.2 Å². The van der Waals surface area contributed by atoms with Crippen molar-refractivity contribution in [2.75, 3.05) is 48.0 Å². The third kappa shape index (κ3) is 15.5. The van der Waals surface area contributed by atoms with Gasteiger partial charge in [-0.25, -0.2) is 4.79 Å². The van der Waals surface area contributed by atoms with Crippen LogP contribution in [0.1, 0.15) is 137 Å². The van der Waals surface area contributed by atoms with Crippen molar-refractivity contribution in [3.63, 3.8) is 0 Å². The smallest absolute Gasteiger partial charge is 0.341 e. The summed E-state index contributed by atoms with van der Waals surface area (Å²) in [5.74, 6) is 1.25. The number of cyclic esters (lactones) is 1. The molecular formula is C58H91N3O17. The first-order valence-corrected chi connectivity index (χ1v) is 27.7. The Labute approximate surface area is 460 Å². The lowest BCUT2D eigenvalue weighted by Crippen LogP contribution is -2.61. The fourth-order valence-corrected chi connectivity index (χ4v) is 11.8. The normalized spacial score (nSPS) is 36.7. The highest BCUT2D eigenvalue weighted by Gasteiger charge is 2.54. The maximum absolute atomic E-state index is 14.6. The Hall–Kier alpha value is -4.08. The van der Waals surface area contributed by atoms with E-state index in [1.807, 2.05) is 51.7 Å². The largest absolute Gasteiger partial charge is 0.477 e. The van der Waals surface area contributed by atoms with Crippen molar-refractivity contribution in [2.45, 2.75) is 218 Å². The number of aliphatic hydroxyl groups is 4. The number of aryl methyl sites for hydroxylation is 1. The molecule has 0 saturated carbocycles. The van der Waals surface area contributed by atoms with Gasteiger partial charge in [0.15, 0.2) is 18.7 Å². The molecule has 5 rings (SSSR count). The van der Waals surface area contributed by atoms with Gasteiger partial charge in [-0.05, 0) is 133 Å². The number of nitrogens with zero attached hydrogens (tertiary/aromatic N) is 3. The molecule has 0 unspecified atom stereocenters. The molecule has 0 spiro atoms. The quantitative estimate of drug-likeness (QED) is 0.0866. The number of hydrogen-bond acceptors (Lipinski definition) is 18. The number of carbonyl (C=O) groups is 3. The number of esters is 2. The number of hydrogen-bond donors (Lipinski definition) is 5. The Kier molecular flexibility index (Phi) is 22.9. The number of aromatic carboxylic acids is 1. The summed E-state index contributed by atoms with van der Waals surface area (Å²) in [6.45, 7) is 20.6. The Morgan fingerprint density at radius 2 is 1.64 bits per heavy atom. The zero-order valence-corrected chi connectivity index (χ0v) is 48.7. The van der Waals surface area contributed by atoms with Crippen LogP contribution >= 0.6 is 0 Å². The second-order valence-electron chi connectivity index (χ2n) is 23.1. The summed E-state index contributed by atoms with van der Waals surface area (Å²) in [6, 6.07) is 4.17. The molecule has 20 nitrogen and oxygen atoms in total. The van der Waals surface area contributed by atoms with Gasteiger partial charge in [-0.3, -0.25) is 14.4 Å². The number of pyridine rings is 1. The number of carbonyl (C=O) groups excluding carboxylic acids is 2. The van der Waals surface area contributed by atoms with E-state index in [9.17, 15) is 44.7 Å². The monoisotopic (exact) mass is 1100 g/mol. The number of carboxylic acids is 1. The van der Waals surface area contributed by atoms with Crippen LogP contribution in [0.25, 0.3) is 10.9 Å². The van der Waals surface area contributed by atoms with Crippen molar-refractivity contribution >= 4 is 28.8 Å². The fourth-order valence-electron chi connectivity index (χ4n) is 11.8. The van der Waals surface area contributed by atoms with Gasteiger partial charge in [0.1, 0.15) is 41.7 Å². The van der Waals surface area contributed by atoms with Gasteiger partial charge < -0.3 is 77.8 Å². The molecule has 440 valence electrons. The molecule has 1 aromatic heterocycles. The highest BCUT2D eigenvalue weighted by atomic mass is 16.7. The lowest BCUT2D eigenvalue weighted by molar-refractivity contribution is -0.318. The van der Waals surface area contributed by atoms with Gasteiger partial charge in [-0.2, -0.15) is 0 Å². The molecule has 5 N–H and O–H groups in total. The van der Waals surface area contributed by atoms with Crippen LogP contribution in [0.2, 0.25) is 0 Å². The molecule has 4 heterocycles. The van der Waals surface area contributed by atoms with E-state index in [4.69, 9.17) is 37.9 Å². The third-order valence-corrected chi connectivity index (χ3v) is 16.4. The molecule has 0 bridgehead atoms. The van der Waals surface area contributed by atoms with Crippen molar-refractivity contribution < 1.29 is 77.8 Å². The predicted molar refractivity (Wildman–Crippen MR) is 290 cm³/mol. The average molecular weight is 1100 g/mol. The highest BCUT2D eigenvalue weighted by molar-refractivity contribution is 5.93. The van der Waals surface area contributed by atoms with Gasteiger partial charge in [-0.15, -0.1) is 0 Å². The number of carboxylic acid groups (broad SMARTS) is 1. The van der Waals surface area contributed by atoms with Crippen LogP contribution in [0, 0.1) is 29.6 Å². The van der Waals surface area contributed by atoms with Crippen LogP contribution < -0.4 is 5.43 Å². The molecule has 0 radical (unpaired) electrons. The molecule has 20 heteroatoms. The third-order valence-electron chi connectivity index (χ3n) is 16.4. The van der Waals surface area contributed by atoms with Crippen molar-refractivity contribution in [2.24, 2.45) is 17.8 Å². The first-order valence-electron chi connectivity index (χ1n) is 27.7.